The SMILES string of the molecule is CC(C)[C@H](N)c1ncc(-c2ccc(F)cc2)[nH]1. The first-order valence-corrected chi connectivity index (χ1v) is 5.64. The van der Waals surface area contributed by atoms with Crippen molar-refractivity contribution in [1.29, 1.82) is 0 Å². The summed E-state index contributed by atoms with van der Waals surface area (Å²) in [7, 11) is 0. The Hall–Kier alpha value is -1.68. The van der Waals surface area contributed by atoms with Crippen LogP contribution in [0.3, 0.4) is 0 Å². The lowest BCUT2D eigenvalue weighted by Gasteiger charge is -2.12. The summed E-state index contributed by atoms with van der Waals surface area (Å²) in [6.45, 7) is 4.09. The van der Waals surface area contributed by atoms with Gasteiger partial charge in [0.05, 0.1) is 17.9 Å². The van der Waals surface area contributed by atoms with Crippen LogP contribution >= 0.6 is 0 Å². The van der Waals surface area contributed by atoms with E-state index in [1.165, 1.54) is 12.1 Å². The van der Waals surface area contributed by atoms with Crippen LogP contribution in [0.4, 0.5) is 4.39 Å². The monoisotopic (exact) mass is 233 g/mol. The zero-order chi connectivity index (χ0) is 12.4. The molecule has 2 rings (SSSR count). The van der Waals surface area contributed by atoms with E-state index in [2.05, 4.69) is 9.97 Å². The fourth-order valence-corrected chi connectivity index (χ4v) is 1.60. The minimum Gasteiger partial charge on any atom is -0.341 e. The summed E-state index contributed by atoms with van der Waals surface area (Å²) in [5, 5.41) is 0. The lowest BCUT2D eigenvalue weighted by atomic mass is 10.1. The number of halogens is 1. The van der Waals surface area contributed by atoms with Gasteiger partial charge in [-0.3, -0.25) is 0 Å². The van der Waals surface area contributed by atoms with Gasteiger partial charge >= 0.3 is 0 Å². The Morgan fingerprint density at radius 3 is 2.47 bits per heavy atom. The standard InChI is InChI=1S/C13H16FN3/c1-8(2)12(15)13-16-7-11(17-13)9-3-5-10(14)6-4-9/h3-8,12H,15H2,1-2H3,(H,16,17)/t12-/m0/s1. The van der Waals surface area contributed by atoms with E-state index in [4.69, 9.17) is 5.73 Å². The first kappa shape index (κ1) is 11.8. The first-order chi connectivity index (χ1) is 8.08. The van der Waals surface area contributed by atoms with Gasteiger partial charge in [-0.05, 0) is 35.7 Å². The molecule has 17 heavy (non-hydrogen) atoms. The molecule has 0 saturated carbocycles. The highest BCUT2D eigenvalue weighted by Crippen LogP contribution is 2.21. The normalized spacial score (nSPS) is 13.0. The molecule has 1 heterocycles. The smallest absolute Gasteiger partial charge is 0.123 e. The van der Waals surface area contributed by atoms with Gasteiger partial charge in [0, 0.05) is 0 Å². The highest BCUT2D eigenvalue weighted by atomic mass is 19.1. The molecule has 0 aliphatic carbocycles. The van der Waals surface area contributed by atoms with Crippen molar-refractivity contribution in [1.82, 2.24) is 9.97 Å². The van der Waals surface area contributed by atoms with E-state index in [0.717, 1.165) is 17.1 Å². The average Bonchev–Trinajstić information content (AvgIpc) is 2.78. The molecule has 0 aliphatic rings. The van der Waals surface area contributed by atoms with Gasteiger partial charge in [-0.25, -0.2) is 9.37 Å². The van der Waals surface area contributed by atoms with E-state index >= 15 is 0 Å². The molecule has 0 aliphatic heterocycles. The molecule has 0 fully saturated rings. The lowest BCUT2D eigenvalue weighted by molar-refractivity contribution is 0.494. The molecule has 90 valence electrons. The van der Waals surface area contributed by atoms with Crippen LogP contribution < -0.4 is 5.73 Å². The van der Waals surface area contributed by atoms with Crippen molar-refractivity contribution in [2.24, 2.45) is 11.7 Å². The van der Waals surface area contributed by atoms with Crippen molar-refractivity contribution < 1.29 is 4.39 Å². The molecule has 1 aromatic carbocycles. The molecule has 0 bridgehead atoms. The second-order valence-electron chi connectivity index (χ2n) is 4.46. The van der Waals surface area contributed by atoms with Crippen LogP contribution in [-0.4, -0.2) is 9.97 Å². The number of rotatable bonds is 3. The number of imidazole rings is 1. The Balaban J connectivity index is 2.26. The van der Waals surface area contributed by atoms with Gasteiger partial charge in [-0.2, -0.15) is 0 Å². The third kappa shape index (κ3) is 2.53. The maximum Gasteiger partial charge on any atom is 0.123 e. The maximum absolute atomic E-state index is 12.8. The summed E-state index contributed by atoms with van der Waals surface area (Å²) in [6.07, 6.45) is 1.73. The zero-order valence-electron chi connectivity index (χ0n) is 9.94. The first-order valence-electron chi connectivity index (χ1n) is 5.64. The molecule has 2 aromatic rings. The number of nitrogens with zero attached hydrogens (tertiary/aromatic N) is 1. The van der Waals surface area contributed by atoms with Crippen LogP contribution in [0.25, 0.3) is 11.3 Å². The topological polar surface area (TPSA) is 54.7 Å². The summed E-state index contributed by atoms with van der Waals surface area (Å²) < 4.78 is 12.8. The van der Waals surface area contributed by atoms with E-state index in [1.54, 1.807) is 18.3 Å². The van der Waals surface area contributed by atoms with Gasteiger partial charge in [0.15, 0.2) is 0 Å². The van der Waals surface area contributed by atoms with Crippen molar-refractivity contribution in [2.45, 2.75) is 19.9 Å². The molecule has 1 atom stereocenters. The molecule has 0 amide bonds. The molecule has 3 N–H and O–H groups in total. The van der Waals surface area contributed by atoms with E-state index in [-0.39, 0.29) is 11.9 Å². The molecule has 0 unspecified atom stereocenters. The fraction of sp³-hybridized carbons (Fsp3) is 0.308. The fourth-order valence-electron chi connectivity index (χ4n) is 1.60. The van der Waals surface area contributed by atoms with Gasteiger partial charge in [0.25, 0.3) is 0 Å². The number of nitrogens with one attached hydrogen (secondary N) is 1. The minimum absolute atomic E-state index is 0.107. The molecule has 4 heteroatoms. The number of benzene rings is 1. The van der Waals surface area contributed by atoms with Crippen molar-refractivity contribution in [2.75, 3.05) is 0 Å². The quantitative estimate of drug-likeness (QED) is 0.856. The van der Waals surface area contributed by atoms with E-state index in [9.17, 15) is 4.39 Å². The Bertz CT molecular complexity index is 488. The number of aromatic amines is 1. The summed E-state index contributed by atoms with van der Waals surface area (Å²) >= 11 is 0. The minimum atomic E-state index is -0.243. The zero-order valence-corrected chi connectivity index (χ0v) is 9.94. The molecular formula is C13H16FN3. The lowest BCUT2D eigenvalue weighted by Crippen LogP contribution is -2.18. The summed E-state index contributed by atoms with van der Waals surface area (Å²) in [5.41, 5.74) is 7.76. The van der Waals surface area contributed by atoms with Crippen molar-refractivity contribution in [3.05, 3.63) is 42.1 Å². The summed E-state index contributed by atoms with van der Waals surface area (Å²) in [5.74, 6) is 0.842. The van der Waals surface area contributed by atoms with Crippen molar-refractivity contribution in [3.63, 3.8) is 0 Å². The van der Waals surface area contributed by atoms with Crippen LogP contribution in [0.2, 0.25) is 0 Å². The summed E-state index contributed by atoms with van der Waals surface area (Å²) in [6, 6.07) is 6.18. The Morgan fingerprint density at radius 1 is 1.24 bits per heavy atom. The largest absolute Gasteiger partial charge is 0.341 e. The van der Waals surface area contributed by atoms with Gasteiger partial charge in [0.1, 0.15) is 11.6 Å². The van der Waals surface area contributed by atoms with Crippen molar-refractivity contribution in [3.8, 4) is 11.3 Å². The predicted molar refractivity (Wildman–Crippen MR) is 65.7 cm³/mol. The highest BCUT2D eigenvalue weighted by molar-refractivity contribution is 5.58. The van der Waals surface area contributed by atoms with E-state index < -0.39 is 0 Å². The number of nitrogens with two attached hydrogens (primary N) is 1. The number of aromatic nitrogens is 2. The van der Waals surface area contributed by atoms with Crippen LogP contribution in [0.15, 0.2) is 30.5 Å². The maximum atomic E-state index is 12.8. The van der Waals surface area contributed by atoms with E-state index in [0.29, 0.717) is 5.92 Å². The number of hydrogen-bond acceptors (Lipinski definition) is 2. The van der Waals surface area contributed by atoms with Crippen LogP contribution in [0.1, 0.15) is 25.7 Å². The van der Waals surface area contributed by atoms with Gasteiger partial charge < -0.3 is 10.7 Å². The van der Waals surface area contributed by atoms with Crippen LogP contribution in [0.5, 0.6) is 0 Å². The number of H-pyrrole nitrogens is 1. The Morgan fingerprint density at radius 2 is 1.88 bits per heavy atom. The molecule has 3 nitrogen and oxygen atoms in total. The molecule has 0 radical (unpaired) electrons. The Labute approximate surface area is 99.9 Å². The average molecular weight is 233 g/mol. The second-order valence-corrected chi connectivity index (χ2v) is 4.46. The molecule has 0 spiro atoms. The third-order valence-corrected chi connectivity index (χ3v) is 2.78. The van der Waals surface area contributed by atoms with Crippen molar-refractivity contribution >= 4 is 0 Å². The molecule has 0 saturated heterocycles. The summed E-state index contributed by atoms with van der Waals surface area (Å²) in [4.78, 5) is 7.43. The Kier molecular flexibility index (Phi) is 3.24. The van der Waals surface area contributed by atoms with E-state index in [1.807, 2.05) is 13.8 Å². The van der Waals surface area contributed by atoms with Gasteiger partial charge in [-0.1, -0.05) is 13.8 Å². The third-order valence-electron chi connectivity index (χ3n) is 2.78. The van der Waals surface area contributed by atoms with Crippen LogP contribution in [-0.2, 0) is 0 Å². The van der Waals surface area contributed by atoms with Gasteiger partial charge in [0.2, 0.25) is 0 Å². The number of hydrogen-bond donors (Lipinski definition) is 2. The molecule has 1 aromatic heterocycles. The predicted octanol–water partition coefficient (Wildman–Crippen LogP) is 2.87. The van der Waals surface area contributed by atoms with Crippen LogP contribution in [0, 0.1) is 11.7 Å². The highest BCUT2D eigenvalue weighted by Gasteiger charge is 2.14. The molecular weight excluding hydrogens is 217 g/mol. The second kappa shape index (κ2) is 4.67. The van der Waals surface area contributed by atoms with Gasteiger partial charge in [-0.15, -0.1) is 0 Å².